The number of esters is 1. The van der Waals surface area contributed by atoms with Gasteiger partial charge in [-0.2, -0.15) is 0 Å². The van der Waals surface area contributed by atoms with E-state index < -0.39 is 12.1 Å². The van der Waals surface area contributed by atoms with E-state index in [1.54, 1.807) is 17.0 Å². The highest BCUT2D eigenvalue weighted by atomic mass is 35.5. The fourth-order valence-corrected chi connectivity index (χ4v) is 3.11. The first kappa shape index (κ1) is 15.3. The van der Waals surface area contributed by atoms with Gasteiger partial charge in [-0.3, -0.25) is 4.79 Å². The van der Waals surface area contributed by atoms with E-state index in [4.69, 9.17) is 16.3 Å². The molecular weight excluding hydrogens is 298 g/mol. The Morgan fingerprint density at radius 3 is 2.45 bits per heavy atom. The van der Waals surface area contributed by atoms with Crippen molar-refractivity contribution in [3.63, 3.8) is 0 Å². The van der Waals surface area contributed by atoms with Gasteiger partial charge in [-0.05, 0) is 30.9 Å². The van der Waals surface area contributed by atoms with Crippen LogP contribution in [0.2, 0.25) is 4.34 Å². The summed E-state index contributed by atoms with van der Waals surface area (Å²) in [5.41, 5.74) is 0. The second kappa shape index (κ2) is 6.59. The van der Waals surface area contributed by atoms with Crippen LogP contribution >= 0.6 is 22.9 Å². The van der Waals surface area contributed by atoms with Crippen molar-refractivity contribution < 1.29 is 14.3 Å². The van der Waals surface area contributed by atoms with Crippen molar-refractivity contribution >= 4 is 34.8 Å². The number of carbonyl (C=O) groups is 2. The molecule has 1 aromatic rings. The molecule has 110 valence electrons. The number of amides is 1. The predicted molar refractivity (Wildman–Crippen MR) is 79.2 cm³/mol. The molecular formula is C14H18ClNO3S. The van der Waals surface area contributed by atoms with Crippen molar-refractivity contribution in [2.45, 2.75) is 32.8 Å². The van der Waals surface area contributed by atoms with Gasteiger partial charge < -0.3 is 9.64 Å². The summed E-state index contributed by atoms with van der Waals surface area (Å²) in [4.78, 5) is 26.6. The van der Waals surface area contributed by atoms with E-state index in [0.717, 1.165) is 37.3 Å². The largest absolute Gasteiger partial charge is 0.448 e. The second-order valence-corrected chi connectivity index (χ2v) is 6.92. The molecule has 1 unspecified atom stereocenters. The molecule has 0 aliphatic carbocycles. The van der Waals surface area contributed by atoms with Gasteiger partial charge in [0.25, 0.3) is 5.91 Å². The predicted octanol–water partition coefficient (Wildman–Crippen LogP) is 3.21. The summed E-state index contributed by atoms with van der Waals surface area (Å²) in [6.45, 7) is 5.27. The van der Waals surface area contributed by atoms with Crippen molar-refractivity contribution in [3.8, 4) is 0 Å². The number of ether oxygens (including phenoxy) is 1. The average molecular weight is 316 g/mol. The number of hydrogen-bond acceptors (Lipinski definition) is 4. The first-order valence-corrected chi connectivity index (χ1v) is 7.93. The van der Waals surface area contributed by atoms with Crippen LogP contribution in [0.15, 0.2) is 12.1 Å². The fourth-order valence-electron chi connectivity index (χ4n) is 2.19. The molecule has 0 aromatic carbocycles. The molecule has 1 aliphatic heterocycles. The lowest BCUT2D eigenvalue weighted by atomic mass is 10.1. The molecule has 0 N–H and O–H groups in total. The van der Waals surface area contributed by atoms with Crippen molar-refractivity contribution in [2.24, 2.45) is 5.92 Å². The summed E-state index contributed by atoms with van der Waals surface area (Å²) < 4.78 is 5.94. The van der Waals surface area contributed by atoms with Gasteiger partial charge in [0.2, 0.25) is 0 Å². The van der Waals surface area contributed by atoms with Crippen molar-refractivity contribution in [1.82, 2.24) is 4.90 Å². The van der Waals surface area contributed by atoms with Crippen LogP contribution in [-0.4, -0.2) is 36.0 Å². The average Bonchev–Trinajstić information content (AvgIpc) is 3.05. The van der Waals surface area contributed by atoms with Crippen molar-refractivity contribution in [1.29, 1.82) is 0 Å². The van der Waals surface area contributed by atoms with Crippen LogP contribution in [0, 0.1) is 5.92 Å². The first-order valence-electron chi connectivity index (χ1n) is 6.74. The number of carbonyl (C=O) groups excluding carboxylic acids is 2. The van der Waals surface area contributed by atoms with E-state index in [1.807, 2.05) is 13.8 Å². The number of likely N-dealkylation sites (tertiary alicyclic amines) is 1. The Bertz CT molecular complexity index is 494. The van der Waals surface area contributed by atoms with E-state index in [9.17, 15) is 9.59 Å². The molecule has 20 heavy (non-hydrogen) atoms. The summed E-state index contributed by atoms with van der Waals surface area (Å²) in [7, 11) is 0. The van der Waals surface area contributed by atoms with E-state index in [-0.39, 0.29) is 11.8 Å². The van der Waals surface area contributed by atoms with Crippen LogP contribution in [0.4, 0.5) is 0 Å². The zero-order valence-corrected chi connectivity index (χ0v) is 13.2. The summed E-state index contributed by atoms with van der Waals surface area (Å²) >= 11 is 6.96. The molecule has 1 aromatic heterocycles. The number of thiophene rings is 1. The Labute approximate surface area is 127 Å². The molecule has 6 heteroatoms. The maximum Gasteiger partial charge on any atom is 0.349 e. The zero-order chi connectivity index (χ0) is 14.7. The van der Waals surface area contributed by atoms with Crippen molar-refractivity contribution in [2.75, 3.05) is 13.1 Å². The van der Waals surface area contributed by atoms with Crippen LogP contribution in [0.1, 0.15) is 36.4 Å². The molecule has 1 fully saturated rings. The van der Waals surface area contributed by atoms with Gasteiger partial charge in [0, 0.05) is 13.1 Å². The van der Waals surface area contributed by atoms with Crippen molar-refractivity contribution in [3.05, 3.63) is 21.3 Å². The van der Waals surface area contributed by atoms with E-state index >= 15 is 0 Å². The standard InChI is InChI=1S/C14H18ClNO3S/c1-9(2)12(13(17)16-7-3-4-8-16)19-14(18)10-5-6-11(15)20-10/h5-6,9,12H,3-4,7-8H2,1-2H3. The summed E-state index contributed by atoms with van der Waals surface area (Å²) in [6.07, 6.45) is 1.32. The van der Waals surface area contributed by atoms with E-state index in [0.29, 0.717) is 9.21 Å². The fraction of sp³-hybridized carbons (Fsp3) is 0.571. The topological polar surface area (TPSA) is 46.6 Å². The lowest BCUT2D eigenvalue weighted by Gasteiger charge is -2.25. The zero-order valence-electron chi connectivity index (χ0n) is 11.6. The van der Waals surface area contributed by atoms with Gasteiger partial charge in [0.1, 0.15) is 4.88 Å². The highest BCUT2D eigenvalue weighted by Gasteiger charge is 2.32. The molecule has 1 atom stereocenters. The third kappa shape index (κ3) is 3.52. The maximum absolute atomic E-state index is 12.4. The minimum absolute atomic E-state index is 0.0533. The normalized spacial score (nSPS) is 16.5. The molecule has 4 nitrogen and oxygen atoms in total. The Morgan fingerprint density at radius 2 is 1.95 bits per heavy atom. The van der Waals surface area contributed by atoms with Gasteiger partial charge in [-0.25, -0.2) is 4.79 Å². The van der Waals surface area contributed by atoms with Gasteiger partial charge in [-0.15, -0.1) is 11.3 Å². The number of halogens is 1. The van der Waals surface area contributed by atoms with Gasteiger partial charge >= 0.3 is 5.97 Å². The van der Waals surface area contributed by atoms with E-state index in [2.05, 4.69) is 0 Å². The molecule has 2 rings (SSSR count). The molecule has 2 heterocycles. The van der Waals surface area contributed by atoms with Crippen LogP contribution in [0.25, 0.3) is 0 Å². The highest BCUT2D eigenvalue weighted by Crippen LogP contribution is 2.24. The number of hydrogen-bond donors (Lipinski definition) is 0. The van der Waals surface area contributed by atoms with Crippen LogP contribution in [0.5, 0.6) is 0 Å². The quantitative estimate of drug-likeness (QED) is 0.802. The van der Waals surface area contributed by atoms with Gasteiger partial charge in [-0.1, -0.05) is 25.4 Å². The molecule has 0 saturated carbocycles. The van der Waals surface area contributed by atoms with Crippen LogP contribution in [0.3, 0.4) is 0 Å². The smallest absolute Gasteiger partial charge is 0.349 e. The third-order valence-corrected chi connectivity index (χ3v) is 4.49. The SMILES string of the molecule is CC(C)C(OC(=O)c1ccc(Cl)s1)C(=O)N1CCCC1. The van der Waals surface area contributed by atoms with Crippen LogP contribution < -0.4 is 0 Å². The highest BCUT2D eigenvalue weighted by molar-refractivity contribution is 7.17. The Morgan fingerprint density at radius 1 is 1.30 bits per heavy atom. The lowest BCUT2D eigenvalue weighted by molar-refractivity contribution is -0.141. The summed E-state index contributed by atoms with van der Waals surface area (Å²) in [5.74, 6) is -0.621. The van der Waals surface area contributed by atoms with Gasteiger partial charge in [0.15, 0.2) is 6.10 Å². The molecule has 0 bridgehead atoms. The molecule has 0 spiro atoms. The Hall–Kier alpha value is -1.07. The monoisotopic (exact) mass is 315 g/mol. The summed E-state index contributed by atoms with van der Waals surface area (Å²) in [6, 6.07) is 3.27. The first-order chi connectivity index (χ1) is 9.49. The summed E-state index contributed by atoms with van der Waals surface area (Å²) in [5, 5.41) is 0. The molecule has 1 aliphatic rings. The minimum Gasteiger partial charge on any atom is -0.448 e. The lowest BCUT2D eigenvalue weighted by Crippen LogP contribution is -2.42. The molecule has 1 amide bonds. The maximum atomic E-state index is 12.4. The number of nitrogens with zero attached hydrogens (tertiary/aromatic N) is 1. The third-order valence-electron chi connectivity index (χ3n) is 3.28. The molecule has 1 saturated heterocycles. The Kier molecular flexibility index (Phi) is 5.05. The number of rotatable bonds is 4. The second-order valence-electron chi connectivity index (χ2n) is 5.21. The van der Waals surface area contributed by atoms with E-state index in [1.165, 1.54) is 0 Å². The van der Waals surface area contributed by atoms with Crippen LogP contribution in [-0.2, 0) is 9.53 Å². The Balaban J connectivity index is 2.05. The van der Waals surface area contributed by atoms with Gasteiger partial charge in [0.05, 0.1) is 4.34 Å². The molecule has 0 radical (unpaired) electrons. The minimum atomic E-state index is -0.721.